The Hall–Kier alpha value is -0.640. The lowest BCUT2D eigenvalue weighted by Gasteiger charge is -2.17. The van der Waals surface area contributed by atoms with Crippen molar-refractivity contribution in [3.8, 4) is 0 Å². The predicted octanol–water partition coefficient (Wildman–Crippen LogP) is 0.503. The van der Waals surface area contributed by atoms with Gasteiger partial charge in [0.15, 0.2) is 5.11 Å². The van der Waals surface area contributed by atoms with Crippen LogP contribution in [-0.2, 0) is 4.79 Å². The summed E-state index contributed by atoms with van der Waals surface area (Å²) in [5, 5.41) is 3.18. The van der Waals surface area contributed by atoms with Gasteiger partial charge in [-0.25, -0.2) is 0 Å². The van der Waals surface area contributed by atoms with E-state index in [-0.39, 0.29) is 5.91 Å². The maximum atomic E-state index is 10.6. The zero-order valence-electron chi connectivity index (χ0n) is 6.59. The van der Waals surface area contributed by atoms with Gasteiger partial charge >= 0.3 is 0 Å². The van der Waals surface area contributed by atoms with Crippen LogP contribution in [0.3, 0.4) is 0 Å². The van der Waals surface area contributed by atoms with Crippen LogP contribution >= 0.6 is 12.2 Å². The molecule has 62 valence electrons. The molecule has 0 unspecified atom stereocenters. The first-order valence-electron chi connectivity index (χ1n) is 3.76. The smallest absolute Gasteiger partial charge is 0.222 e. The molecule has 0 aromatic carbocycles. The Labute approximate surface area is 71.8 Å². The van der Waals surface area contributed by atoms with Gasteiger partial charge in [-0.1, -0.05) is 0 Å². The number of likely N-dealkylation sites (tertiary alicyclic amines) is 1. The second-order valence-corrected chi connectivity index (χ2v) is 3.07. The van der Waals surface area contributed by atoms with E-state index < -0.39 is 0 Å². The van der Waals surface area contributed by atoms with E-state index in [1.165, 1.54) is 19.8 Å². The summed E-state index contributed by atoms with van der Waals surface area (Å²) < 4.78 is 0. The molecule has 1 saturated heterocycles. The summed E-state index contributed by atoms with van der Waals surface area (Å²) in [6.07, 6.45) is 2.36. The molecule has 1 aliphatic heterocycles. The topological polar surface area (TPSA) is 32.3 Å². The largest absolute Gasteiger partial charge is 0.349 e. The van der Waals surface area contributed by atoms with Crippen molar-refractivity contribution < 1.29 is 4.79 Å². The summed E-state index contributed by atoms with van der Waals surface area (Å²) in [5.74, 6) is -0.0816. The molecule has 0 aromatic rings. The summed E-state index contributed by atoms with van der Waals surface area (Å²) in [6, 6.07) is 0. The minimum absolute atomic E-state index is 0.0816. The third-order valence-electron chi connectivity index (χ3n) is 1.68. The van der Waals surface area contributed by atoms with Gasteiger partial charge in [-0.05, 0) is 25.1 Å². The lowest BCUT2D eigenvalue weighted by atomic mass is 10.4. The molecule has 0 radical (unpaired) electrons. The van der Waals surface area contributed by atoms with E-state index in [2.05, 4.69) is 5.32 Å². The highest BCUT2D eigenvalue weighted by Gasteiger charge is 2.14. The van der Waals surface area contributed by atoms with E-state index >= 15 is 0 Å². The number of nitrogens with zero attached hydrogens (tertiary/aromatic N) is 1. The van der Waals surface area contributed by atoms with Crippen LogP contribution in [0.1, 0.15) is 19.8 Å². The highest BCUT2D eigenvalue weighted by molar-refractivity contribution is 7.80. The van der Waals surface area contributed by atoms with E-state index in [0.29, 0.717) is 5.11 Å². The van der Waals surface area contributed by atoms with Gasteiger partial charge < -0.3 is 10.2 Å². The molecule has 1 fully saturated rings. The Morgan fingerprint density at radius 2 is 2.00 bits per heavy atom. The number of carbonyl (C=O) groups is 1. The summed E-state index contributed by atoms with van der Waals surface area (Å²) in [6.45, 7) is 3.45. The van der Waals surface area contributed by atoms with E-state index in [1.807, 2.05) is 4.90 Å². The van der Waals surface area contributed by atoms with Crippen molar-refractivity contribution in [2.45, 2.75) is 19.8 Å². The minimum atomic E-state index is -0.0816. The van der Waals surface area contributed by atoms with Crippen LogP contribution in [0.25, 0.3) is 0 Å². The van der Waals surface area contributed by atoms with Gasteiger partial charge in [0.1, 0.15) is 0 Å². The third kappa shape index (κ3) is 2.46. The Balaban J connectivity index is 2.34. The number of carbonyl (C=O) groups excluding carboxylic acids is 1. The number of thiocarbonyl (C=S) groups is 1. The van der Waals surface area contributed by atoms with Gasteiger partial charge in [-0.15, -0.1) is 0 Å². The van der Waals surface area contributed by atoms with E-state index in [0.717, 1.165) is 13.1 Å². The predicted molar refractivity (Wildman–Crippen MR) is 47.2 cm³/mol. The van der Waals surface area contributed by atoms with Crippen molar-refractivity contribution in [2.75, 3.05) is 13.1 Å². The molecule has 0 bridgehead atoms. The summed E-state index contributed by atoms with van der Waals surface area (Å²) in [7, 11) is 0. The minimum Gasteiger partial charge on any atom is -0.349 e. The number of hydrogen-bond acceptors (Lipinski definition) is 2. The molecule has 0 aromatic heterocycles. The van der Waals surface area contributed by atoms with Crippen molar-refractivity contribution >= 4 is 23.2 Å². The quantitative estimate of drug-likeness (QED) is 0.540. The van der Waals surface area contributed by atoms with Crippen LogP contribution in [0.5, 0.6) is 0 Å². The first kappa shape index (κ1) is 8.46. The molecule has 1 N–H and O–H groups in total. The van der Waals surface area contributed by atoms with Crippen molar-refractivity contribution in [2.24, 2.45) is 0 Å². The Bertz CT molecular complexity index is 175. The highest BCUT2D eigenvalue weighted by Crippen LogP contribution is 2.06. The average Bonchev–Trinajstić information content (AvgIpc) is 2.35. The third-order valence-corrected chi connectivity index (χ3v) is 2.04. The maximum Gasteiger partial charge on any atom is 0.222 e. The summed E-state index contributed by atoms with van der Waals surface area (Å²) in [4.78, 5) is 12.6. The molecular weight excluding hydrogens is 160 g/mol. The molecule has 0 saturated carbocycles. The maximum absolute atomic E-state index is 10.6. The number of nitrogens with one attached hydrogen (secondary N) is 1. The lowest BCUT2D eigenvalue weighted by Crippen LogP contribution is -2.39. The van der Waals surface area contributed by atoms with E-state index in [9.17, 15) is 4.79 Å². The second-order valence-electron chi connectivity index (χ2n) is 2.68. The highest BCUT2D eigenvalue weighted by atomic mass is 32.1. The van der Waals surface area contributed by atoms with E-state index in [1.54, 1.807) is 0 Å². The summed E-state index contributed by atoms with van der Waals surface area (Å²) in [5.41, 5.74) is 0. The van der Waals surface area contributed by atoms with Crippen molar-refractivity contribution in [1.29, 1.82) is 0 Å². The Morgan fingerprint density at radius 3 is 2.45 bits per heavy atom. The second kappa shape index (κ2) is 3.67. The van der Waals surface area contributed by atoms with Crippen LogP contribution < -0.4 is 5.32 Å². The first-order chi connectivity index (χ1) is 5.20. The zero-order chi connectivity index (χ0) is 8.27. The fraction of sp³-hybridized carbons (Fsp3) is 0.714. The molecular formula is C7H12N2OS. The Morgan fingerprint density at radius 1 is 1.45 bits per heavy atom. The zero-order valence-corrected chi connectivity index (χ0v) is 7.41. The van der Waals surface area contributed by atoms with Gasteiger partial charge in [0.2, 0.25) is 5.91 Å². The van der Waals surface area contributed by atoms with Crippen molar-refractivity contribution in [3.05, 3.63) is 0 Å². The molecule has 3 nitrogen and oxygen atoms in total. The van der Waals surface area contributed by atoms with Crippen LogP contribution in [0.4, 0.5) is 0 Å². The van der Waals surface area contributed by atoms with Crippen LogP contribution in [0.15, 0.2) is 0 Å². The van der Waals surface area contributed by atoms with Gasteiger partial charge in [-0.3, -0.25) is 4.79 Å². The molecule has 0 aliphatic carbocycles. The van der Waals surface area contributed by atoms with Gasteiger partial charge in [0.25, 0.3) is 0 Å². The number of amides is 1. The van der Waals surface area contributed by atoms with Crippen LogP contribution in [0, 0.1) is 0 Å². The molecule has 1 rings (SSSR count). The number of rotatable bonds is 0. The van der Waals surface area contributed by atoms with E-state index in [4.69, 9.17) is 12.2 Å². The SMILES string of the molecule is CC(=O)NC(=S)N1CCCC1. The van der Waals surface area contributed by atoms with Crippen LogP contribution in [0.2, 0.25) is 0 Å². The van der Waals surface area contributed by atoms with Gasteiger partial charge in [0, 0.05) is 20.0 Å². The molecule has 4 heteroatoms. The summed E-state index contributed by atoms with van der Waals surface area (Å²) >= 11 is 4.98. The molecule has 1 amide bonds. The Kier molecular flexibility index (Phi) is 2.82. The average molecular weight is 172 g/mol. The first-order valence-corrected chi connectivity index (χ1v) is 4.17. The normalized spacial score (nSPS) is 16.6. The monoisotopic (exact) mass is 172 g/mol. The molecule has 0 atom stereocenters. The van der Waals surface area contributed by atoms with Crippen molar-refractivity contribution in [3.63, 3.8) is 0 Å². The standard InChI is InChI=1S/C7H12N2OS/c1-6(10)8-7(11)9-4-2-3-5-9/h2-5H2,1H3,(H,8,10,11). The van der Waals surface area contributed by atoms with Gasteiger partial charge in [0.05, 0.1) is 0 Å². The molecule has 1 heterocycles. The fourth-order valence-electron chi connectivity index (χ4n) is 1.15. The lowest BCUT2D eigenvalue weighted by molar-refractivity contribution is -0.117. The fourth-order valence-corrected chi connectivity index (χ4v) is 1.48. The van der Waals surface area contributed by atoms with Crippen molar-refractivity contribution in [1.82, 2.24) is 10.2 Å². The number of hydrogen-bond donors (Lipinski definition) is 1. The van der Waals surface area contributed by atoms with Gasteiger partial charge in [-0.2, -0.15) is 0 Å². The molecule has 11 heavy (non-hydrogen) atoms. The molecule has 1 aliphatic rings. The van der Waals surface area contributed by atoms with Crippen LogP contribution in [-0.4, -0.2) is 29.0 Å². The molecule has 0 spiro atoms.